The van der Waals surface area contributed by atoms with Gasteiger partial charge in [-0.2, -0.15) is 0 Å². The van der Waals surface area contributed by atoms with Crippen LogP contribution in [0.3, 0.4) is 0 Å². The fraction of sp³-hybridized carbons (Fsp3) is 0.394. The van der Waals surface area contributed by atoms with E-state index >= 15 is 0 Å². The minimum absolute atomic E-state index is 0.0590. The molecule has 12 nitrogen and oxygen atoms in total. The number of amides is 1. The zero-order valence-electron chi connectivity index (χ0n) is 26.0. The Morgan fingerprint density at radius 2 is 1.71 bits per heavy atom. The lowest BCUT2D eigenvalue weighted by molar-refractivity contribution is -0.282. The molecule has 2 aliphatic heterocycles. The highest BCUT2D eigenvalue weighted by molar-refractivity contribution is 6.05. The summed E-state index contributed by atoms with van der Waals surface area (Å²) in [6, 6.07) is 9.52. The molecule has 1 amide bonds. The number of carbonyl (C=O) groups is 3. The van der Waals surface area contributed by atoms with Crippen molar-refractivity contribution in [2.24, 2.45) is 0 Å². The van der Waals surface area contributed by atoms with E-state index in [1.807, 2.05) is 19.9 Å². The Hall–Kier alpha value is -4.68. The van der Waals surface area contributed by atoms with E-state index in [0.717, 1.165) is 5.57 Å². The molecule has 0 spiro atoms. The van der Waals surface area contributed by atoms with Gasteiger partial charge in [-0.25, -0.2) is 9.59 Å². The van der Waals surface area contributed by atoms with Crippen molar-refractivity contribution in [3.05, 3.63) is 75.2 Å². The summed E-state index contributed by atoms with van der Waals surface area (Å²) in [5, 5.41) is 3.15. The Balaban J connectivity index is 1.39. The summed E-state index contributed by atoms with van der Waals surface area (Å²) in [6.07, 6.45) is -1.70. The number of ether oxygens (including phenoxy) is 6. The number of anilines is 1. The second-order valence-corrected chi connectivity index (χ2v) is 11.7. The summed E-state index contributed by atoms with van der Waals surface area (Å²) in [5.41, 5.74) is 0.989. The topological polar surface area (TPSA) is 149 Å². The van der Waals surface area contributed by atoms with Crippen LogP contribution in [0.2, 0.25) is 0 Å². The van der Waals surface area contributed by atoms with Crippen molar-refractivity contribution in [2.45, 2.75) is 78.2 Å². The molecular weight excluding hydrogens is 586 g/mol. The van der Waals surface area contributed by atoms with E-state index in [4.69, 9.17) is 32.8 Å². The number of hydrogen-bond acceptors (Lipinski definition) is 11. The molecule has 45 heavy (non-hydrogen) atoms. The van der Waals surface area contributed by atoms with Gasteiger partial charge in [0.2, 0.25) is 12.4 Å². The summed E-state index contributed by atoms with van der Waals surface area (Å²) >= 11 is 0. The maximum absolute atomic E-state index is 13.2. The molecule has 5 rings (SSSR count). The van der Waals surface area contributed by atoms with E-state index in [9.17, 15) is 19.2 Å². The highest BCUT2D eigenvalue weighted by atomic mass is 16.8. The predicted octanol–water partition coefficient (Wildman–Crippen LogP) is 5.22. The molecule has 3 aromatic rings. The summed E-state index contributed by atoms with van der Waals surface area (Å²) in [7, 11) is 1.50. The molecule has 0 aliphatic carbocycles. The lowest BCUT2D eigenvalue weighted by atomic mass is 9.89. The van der Waals surface area contributed by atoms with Crippen LogP contribution in [0.4, 0.5) is 10.5 Å². The van der Waals surface area contributed by atoms with Crippen molar-refractivity contribution in [2.75, 3.05) is 12.4 Å². The first kappa shape index (κ1) is 31.7. The van der Waals surface area contributed by atoms with Crippen LogP contribution in [0.1, 0.15) is 56.1 Å². The Morgan fingerprint density at radius 1 is 1.00 bits per heavy atom. The van der Waals surface area contributed by atoms with Crippen LogP contribution in [0, 0.1) is 6.92 Å². The molecule has 2 saturated heterocycles. The first-order chi connectivity index (χ1) is 21.3. The van der Waals surface area contributed by atoms with Crippen LogP contribution in [0.5, 0.6) is 11.5 Å². The molecule has 0 bridgehead atoms. The van der Waals surface area contributed by atoms with Gasteiger partial charge < -0.3 is 38.2 Å². The Morgan fingerprint density at radius 3 is 2.40 bits per heavy atom. The number of esters is 1. The number of rotatable bonds is 8. The molecule has 4 atom stereocenters. The van der Waals surface area contributed by atoms with E-state index in [2.05, 4.69) is 5.32 Å². The van der Waals surface area contributed by atoms with Gasteiger partial charge in [-0.1, -0.05) is 11.6 Å². The molecule has 1 aromatic heterocycles. The van der Waals surface area contributed by atoms with E-state index < -0.39 is 53.9 Å². The van der Waals surface area contributed by atoms with Gasteiger partial charge in [0.05, 0.1) is 5.60 Å². The van der Waals surface area contributed by atoms with Crippen molar-refractivity contribution in [3.8, 4) is 11.5 Å². The first-order valence-corrected chi connectivity index (χ1v) is 14.4. The largest absolute Gasteiger partial charge is 0.509 e. The molecule has 0 radical (unpaired) electrons. The van der Waals surface area contributed by atoms with Crippen molar-refractivity contribution >= 4 is 34.7 Å². The molecule has 3 heterocycles. The average Bonchev–Trinajstić information content (AvgIpc) is 3.35. The second-order valence-electron chi connectivity index (χ2n) is 11.7. The molecule has 2 fully saturated rings. The smallest absolute Gasteiger partial charge is 0.460 e. The number of hydrogen-bond donors (Lipinski definition) is 1. The van der Waals surface area contributed by atoms with Gasteiger partial charge in [0.1, 0.15) is 28.9 Å². The summed E-state index contributed by atoms with van der Waals surface area (Å²) in [5.74, 6) is -0.332. The van der Waals surface area contributed by atoms with Crippen molar-refractivity contribution in [3.63, 3.8) is 0 Å². The lowest BCUT2D eigenvalue weighted by Gasteiger charge is -2.45. The fourth-order valence-electron chi connectivity index (χ4n) is 5.46. The van der Waals surface area contributed by atoms with E-state index in [-0.39, 0.29) is 16.8 Å². The molecule has 4 unspecified atom stereocenters. The fourth-order valence-corrected chi connectivity index (χ4v) is 5.46. The molecule has 238 valence electrons. The Bertz CT molecular complexity index is 1750. The van der Waals surface area contributed by atoms with Crippen LogP contribution in [-0.2, 0) is 30.2 Å². The van der Waals surface area contributed by atoms with Crippen LogP contribution >= 0.6 is 0 Å². The number of carbonyl (C=O) groups excluding carboxylic acids is 3. The number of methoxy groups -OCH3 is 1. The van der Waals surface area contributed by atoms with Crippen molar-refractivity contribution in [1.82, 2.24) is 0 Å². The number of nitrogens with one attached hydrogen (secondary N) is 1. The van der Waals surface area contributed by atoms with Crippen LogP contribution in [0.25, 0.3) is 11.0 Å². The first-order valence-electron chi connectivity index (χ1n) is 14.4. The van der Waals surface area contributed by atoms with Gasteiger partial charge in [-0.05, 0) is 83.0 Å². The van der Waals surface area contributed by atoms with Crippen LogP contribution in [0.15, 0.2) is 57.3 Å². The summed E-state index contributed by atoms with van der Waals surface area (Å²) < 4.78 is 39.4. The normalized spacial score (nSPS) is 21.7. The molecule has 2 aliphatic rings. The quantitative estimate of drug-likeness (QED) is 0.153. The summed E-state index contributed by atoms with van der Waals surface area (Å²) in [6.45, 7) is 10.5. The maximum Gasteiger partial charge on any atom is 0.509 e. The average molecular weight is 622 g/mol. The third-order valence-corrected chi connectivity index (χ3v) is 7.61. The van der Waals surface area contributed by atoms with E-state index in [1.165, 1.54) is 26.2 Å². The number of benzene rings is 2. The molecule has 0 saturated carbocycles. The molecular formula is C33H35NO11. The highest BCUT2D eigenvalue weighted by Crippen LogP contribution is 2.39. The number of fused-ring (bicyclic) bond motifs is 2. The van der Waals surface area contributed by atoms with Gasteiger partial charge in [0.25, 0.3) is 5.91 Å². The maximum atomic E-state index is 13.2. The van der Waals surface area contributed by atoms with Gasteiger partial charge in [-0.3, -0.25) is 9.59 Å². The third kappa shape index (κ3) is 6.57. The van der Waals surface area contributed by atoms with Gasteiger partial charge in [-0.15, -0.1) is 0 Å². The minimum Gasteiger partial charge on any atom is -0.460 e. The van der Waals surface area contributed by atoms with Crippen LogP contribution in [-0.4, -0.2) is 55.3 Å². The minimum atomic E-state index is -1.03. The predicted molar refractivity (Wildman–Crippen MR) is 162 cm³/mol. The second kappa shape index (κ2) is 12.4. The standard InChI is InChI=1S/C33H35NO11/c1-16(2)8-9-19-14-21(11-13-24(19)40-18(4)35)29(36)34-22-15-20-10-12-23(17(3)25(20)42-30(22)37)41-31-27-26(43-32(38)44-27)28(39-7)33(5,6)45-31/h8,10-15,26-28,31H,9H2,1-7H3,(H,34,36). The zero-order valence-corrected chi connectivity index (χ0v) is 26.0. The van der Waals surface area contributed by atoms with Gasteiger partial charge in [0.15, 0.2) is 6.10 Å². The number of aryl methyl sites for hydroxylation is 1. The van der Waals surface area contributed by atoms with Crippen molar-refractivity contribution in [1.29, 1.82) is 0 Å². The van der Waals surface area contributed by atoms with Gasteiger partial charge >= 0.3 is 17.8 Å². The molecule has 12 heteroatoms. The number of allylic oxidation sites excluding steroid dienone is 2. The molecule has 1 N–H and O–H groups in total. The Labute approximate surface area is 259 Å². The lowest BCUT2D eigenvalue weighted by Crippen LogP contribution is -2.62. The summed E-state index contributed by atoms with van der Waals surface area (Å²) in [4.78, 5) is 49.7. The zero-order chi connectivity index (χ0) is 32.6. The SMILES string of the molecule is COC1C2OC(=O)OC2C(Oc2ccc3cc(NC(=O)c4ccc(OC(C)=O)c(CC=C(C)C)c4)c(=O)oc3c2C)OC1(C)C. The molecule has 2 aromatic carbocycles. The van der Waals surface area contributed by atoms with E-state index in [1.54, 1.807) is 45.0 Å². The van der Waals surface area contributed by atoms with Crippen molar-refractivity contribution < 1.29 is 47.2 Å². The van der Waals surface area contributed by atoms with Crippen LogP contribution < -0.4 is 20.4 Å². The highest BCUT2D eigenvalue weighted by Gasteiger charge is 2.59. The Kier molecular flexibility index (Phi) is 8.72. The third-order valence-electron chi connectivity index (χ3n) is 7.61. The van der Waals surface area contributed by atoms with E-state index in [0.29, 0.717) is 34.4 Å². The van der Waals surface area contributed by atoms with Gasteiger partial charge in [0, 0.05) is 30.5 Å². The monoisotopic (exact) mass is 621 g/mol.